The predicted octanol–water partition coefficient (Wildman–Crippen LogP) is 0.777. The monoisotopic (exact) mass is 227 g/mol. The number of fused-ring (bicyclic) bond motifs is 1. The minimum atomic E-state index is 0.550. The number of aromatic nitrogens is 3. The van der Waals surface area contributed by atoms with Gasteiger partial charge in [0.15, 0.2) is 11.5 Å². The molecule has 0 spiro atoms. The molecule has 0 aliphatic heterocycles. The molecule has 6 heteroatoms. The van der Waals surface area contributed by atoms with Crippen molar-refractivity contribution in [1.82, 2.24) is 14.4 Å². The number of hydrazine groups is 1. The molecule has 62 valence electrons. The van der Waals surface area contributed by atoms with E-state index >= 15 is 0 Å². The third-order valence-electron chi connectivity index (χ3n) is 1.48. The molecule has 3 N–H and O–H groups in total. The summed E-state index contributed by atoms with van der Waals surface area (Å²) in [5.41, 5.74) is 3.18. The van der Waals surface area contributed by atoms with Gasteiger partial charge in [-0.2, -0.15) is 0 Å². The van der Waals surface area contributed by atoms with Crippen molar-refractivity contribution in [3.05, 3.63) is 23.2 Å². The fourth-order valence-electron chi connectivity index (χ4n) is 0.998. The van der Waals surface area contributed by atoms with Gasteiger partial charge in [-0.15, -0.1) is 0 Å². The second-order valence-electron chi connectivity index (χ2n) is 2.21. The Hall–Kier alpha value is -1.14. The van der Waals surface area contributed by atoms with E-state index in [1.54, 1.807) is 6.20 Å². The molecule has 0 radical (unpaired) electrons. The fourth-order valence-corrected chi connectivity index (χ4v) is 1.40. The molecule has 2 aromatic rings. The molecule has 2 heterocycles. The largest absolute Gasteiger partial charge is 0.305 e. The Morgan fingerprint density at radius 3 is 3.17 bits per heavy atom. The number of anilines is 1. The van der Waals surface area contributed by atoms with Crippen molar-refractivity contribution in [2.24, 2.45) is 5.84 Å². The van der Waals surface area contributed by atoms with Crippen LogP contribution in [0.5, 0.6) is 0 Å². The highest BCUT2D eigenvalue weighted by molar-refractivity contribution is 9.10. The highest BCUT2D eigenvalue weighted by Crippen LogP contribution is 2.15. The molecule has 0 amide bonds. The first-order valence-corrected chi connectivity index (χ1v) is 4.06. The van der Waals surface area contributed by atoms with E-state index in [9.17, 15) is 0 Å². The molecule has 0 saturated heterocycles. The maximum Gasteiger partial charge on any atom is 0.185 e. The van der Waals surface area contributed by atoms with Crippen LogP contribution in [-0.2, 0) is 0 Å². The summed E-state index contributed by atoms with van der Waals surface area (Å²) in [5.74, 6) is 5.81. The van der Waals surface area contributed by atoms with Crippen LogP contribution in [0.3, 0.4) is 0 Å². The van der Waals surface area contributed by atoms with Gasteiger partial charge in [-0.05, 0) is 15.9 Å². The van der Waals surface area contributed by atoms with Gasteiger partial charge in [0, 0.05) is 18.6 Å². The molecule has 2 aromatic heterocycles. The van der Waals surface area contributed by atoms with Crippen LogP contribution in [0.25, 0.3) is 5.65 Å². The quantitative estimate of drug-likeness (QED) is 0.559. The molecule has 0 fully saturated rings. The summed E-state index contributed by atoms with van der Waals surface area (Å²) in [5, 5.41) is 0. The lowest BCUT2D eigenvalue weighted by molar-refractivity contribution is 1.09. The van der Waals surface area contributed by atoms with E-state index in [-0.39, 0.29) is 0 Å². The lowest BCUT2D eigenvalue weighted by Gasteiger charge is -2.01. The number of nitrogens with one attached hydrogen (secondary N) is 1. The van der Waals surface area contributed by atoms with Crippen molar-refractivity contribution in [3.8, 4) is 0 Å². The number of nitrogens with two attached hydrogens (primary N) is 1. The molecule has 12 heavy (non-hydrogen) atoms. The number of nitrogens with zero attached hydrogens (tertiary/aromatic N) is 3. The summed E-state index contributed by atoms with van der Waals surface area (Å²) < 4.78 is 2.53. The number of halogens is 1. The SMILES string of the molecule is NNc1nc(Br)cn2ccnc12. The van der Waals surface area contributed by atoms with E-state index in [0.29, 0.717) is 16.1 Å². The first kappa shape index (κ1) is 7.51. The third kappa shape index (κ3) is 1.05. The highest BCUT2D eigenvalue weighted by Gasteiger charge is 2.03. The predicted molar refractivity (Wildman–Crippen MR) is 48.5 cm³/mol. The van der Waals surface area contributed by atoms with Crippen molar-refractivity contribution >= 4 is 27.4 Å². The summed E-state index contributed by atoms with van der Waals surface area (Å²) in [6.45, 7) is 0. The maximum absolute atomic E-state index is 5.26. The first-order valence-electron chi connectivity index (χ1n) is 3.27. The third-order valence-corrected chi connectivity index (χ3v) is 1.86. The van der Waals surface area contributed by atoms with Crippen LogP contribution in [-0.4, -0.2) is 14.4 Å². The van der Waals surface area contributed by atoms with Gasteiger partial charge in [-0.3, -0.25) is 0 Å². The van der Waals surface area contributed by atoms with Gasteiger partial charge in [0.2, 0.25) is 0 Å². The number of hydrogen-bond acceptors (Lipinski definition) is 4. The van der Waals surface area contributed by atoms with Crippen LogP contribution < -0.4 is 11.3 Å². The van der Waals surface area contributed by atoms with E-state index in [1.165, 1.54) is 0 Å². The van der Waals surface area contributed by atoms with Crippen LogP contribution in [0.15, 0.2) is 23.2 Å². The van der Waals surface area contributed by atoms with E-state index in [1.807, 2.05) is 16.8 Å². The minimum Gasteiger partial charge on any atom is -0.305 e. The molecule has 2 rings (SSSR count). The Labute approximate surface area is 76.7 Å². The summed E-state index contributed by atoms with van der Waals surface area (Å²) in [6.07, 6.45) is 5.32. The van der Waals surface area contributed by atoms with Crippen molar-refractivity contribution in [2.45, 2.75) is 0 Å². The van der Waals surface area contributed by atoms with Gasteiger partial charge in [-0.25, -0.2) is 15.8 Å². The maximum atomic E-state index is 5.26. The van der Waals surface area contributed by atoms with Gasteiger partial charge >= 0.3 is 0 Å². The Morgan fingerprint density at radius 2 is 2.42 bits per heavy atom. The topological polar surface area (TPSA) is 68.2 Å². The molecular formula is C6H6BrN5. The normalized spacial score (nSPS) is 10.5. The van der Waals surface area contributed by atoms with Crippen LogP contribution in [0.2, 0.25) is 0 Å². The number of rotatable bonds is 1. The van der Waals surface area contributed by atoms with E-state index in [0.717, 1.165) is 0 Å². The van der Waals surface area contributed by atoms with Crippen LogP contribution in [0.1, 0.15) is 0 Å². The zero-order valence-corrected chi connectivity index (χ0v) is 7.62. The van der Waals surface area contributed by atoms with E-state index < -0.39 is 0 Å². The number of hydrogen-bond donors (Lipinski definition) is 2. The Kier molecular flexibility index (Phi) is 1.70. The van der Waals surface area contributed by atoms with Crippen LogP contribution in [0.4, 0.5) is 5.82 Å². The van der Waals surface area contributed by atoms with Crippen LogP contribution >= 0.6 is 15.9 Å². The zero-order valence-electron chi connectivity index (χ0n) is 6.03. The summed E-state index contributed by atoms with van der Waals surface area (Å²) >= 11 is 3.25. The smallest absolute Gasteiger partial charge is 0.185 e. The Balaban J connectivity index is 2.80. The molecular weight excluding hydrogens is 222 g/mol. The number of imidazole rings is 1. The molecule has 0 saturated carbocycles. The lowest BCUT2D eigenvalue weighted by atomic mass is 10.6. The van der Waals surface area contributed by atoms with E-state index in [4.69, 9.17) is 5.84 Å². The average Bonchev–Trinajstić information content (AvgIpc) is 2.50. The average molecular weight is 228 g/mol. The van der Waals surface area contributed by atoms with Gasteiger partial charge in [0.1, 0.15) is 4.60 Å². The minimum absolute atomic E-state index is 0.550. The summed E-state index contributed by atoms with van der Waals surface area (Å²) in [7, 11) is 0. The fraction of sp³-hybridized carbons (Fsp3) is 0. The van der Waals surface area contributed by atoms with Gasteiger partial charge in [0.25, 0.3) is 0 Å². The molecule has 5 nitrogen and oxygen atoms in total. The Morgan fingerprint density at radius 1 is 1.58 bits per heavy atom. The molecule has 0 unspecified atom stereocenters. The second kappa shape index (κ2) is 2.72. The van der Waals surface area contributed by atoms with Crippen molar-refractivity contribution in [2.75, 3.05) is 5.43 Å². The van der Waals surface area contributed by atoms with Crippen molar-refractivity contribution < 1.29 is 0 Å². The van der Waals surface area contributed by atoms with Crippen molar-refractivity contribution in [1.29, 1.82) is 0 Å². The molecule has 0 bridgehead atoms. The van der Waals surface area contributed by atoms with Gasteiger partial charge < -0.3 is 9.83 Å². The van der Waals surface area contributed by atoms with Gasteiger partial charge in [0.05, 0.1) is 0 Å². The standard InChI is InChI=1S/C6H6BrN5/c7-4-3-12-2-1-9-6(12)5(10-4)11-8/h1-3H,8H2,(H,10,11). The van der Waals surface area contributed by atoms with Crippen LogP contribution in [0, 0.1) is 0 Å². The lowest BCUT2D eigenvalue weighted by Crippen LogP contribution is -2.10. The second-order valence-corrected chi connectivity index (χ2v) is 3.03. The zero-order chi connectivity index (χ0) is 8.55. The highest BCUT2D eigenvalue weighted by atomic mass is 79.9. The van der Waals surface area contributed by atoms with Crippen molar-refractivity contribution in [3.63, 3.8) is 0 Å². The summed E-state index contributed by atoms with van der Waals surface area (Å²) in [4.78, 5) is 8.16. The molecule has 0 atom stereocenters. The van der Waals surface area contributed by atoms with E-state index in [2.05, 4.69) is 31.3 Å². The first-order chi connectivity index (χ1) is 5.81. The molecule has 0 aliphatic carbocycles. The van der Waals surface area contributed by atoms with Gasteiger partial charge in [-0.1, -0.05) is 0 Å². The molecule has 0 aliphatic rings. The Bertz CT molecular complexity index is 409. The molecule has 0 aromatic carbocycles. The number of nitrogen functional groups attached to an aromatic ring is 1. The summed E-state index contributed by atoms with van der Waals surface area (Å²) in [6, 6.07) is 0.